The van der Waals surface area contributed by atoms with Crippen molar-refractivity contribution in [2.24, 2.45) is 0 Å². The number of ketones is 1. The summed E-state index contributed by atoms with van der Waals surface area (Å²) in [4.78, 5) is 25.9. The molecule has 1 N–H and O–H groups in total. The van der Waals surface area contributed by atoms with Crippen molar-refractivity contribution in [2.75, 3.05) is 0 Å². The molecule has 1 atom stereocenters. The zero-order valence-electron chi connectivity index (χ0n) is 17.4. The van der Waals surface area contributed by atoms with Crippen LogP contribution in [0.2, 0.25) is 18.1 Å². The van der Waals surface area contributed by atoms with Gasteiger partial charge in [-0.25, -0.2) is 4.79 Å². The van der Waals surface area contributed by atoms with Crippen LogP contribution >= 0.6 is 0 Å². The predicted octanol–water partition coefficient (Wildman–Crippen LogP) is 5.01. The molecule has 0 spiro atoms. The molecule has 6 nitrogen and oxygen atoms in total. The topological polar surface area (TPSA) is 100 Å². The highest BCUT2D eigenvalue weighted by molar-refractivity contribution is 6.73. The number of allylic oxidation sites excluding steroid dienone is 2. The lowest BCUT2D eigenvalue weighted by atomic mass is 10.0. The number of rotatable bonds is 16. The van der Waals surface area contributed by atoms with Gasteiger partial charge in [0, 0.05) is 6.42 Å². The summed E-state index contributed by atoms with van der Waals surface area (Å²) in [5.74, 6) is -2.20. The van der Waals surface area contributed by atoms with Crippen molar-refractivity contribution >= 4 is 25.8 Å². The number of hydrogen-bond acceptors (Lipinski definition) is 3. The van der Waals surface area contributed by atoms with Gasteiger partial charge in [-0.15, -0.1) is 0 Å². The highest BCUT2D eigenvalue weighted by atomic mass is 28.4. The Labute approximate surface area is 164 Å². The third-order valence-electron chi connectivity index (χ3n) is 5.13. The molecule has 0 aliphatic carbocycles. The largest absolute Gasteiger partial charge is 0.472 e. The van der Waals surface area contributed by atoms with E-state index in [1.54, 1.807) is 0 Å². The van der Waals surface area contributed by atoms with E-state index in [-0.39, 0.29) is 12.5 Å². The first kappa shape index (κ1) is 25.4. The Morgan fingerprint density at radius 2 is 1.67 bits per heavy atom. The zero-order valence-corrected chi connectivity index (χ0v) is 18.4. The Kier molecular flexibility index (Phi) is 13.7. The van der Waals surface area contributed by atoms with Gasteiger partial charge < -0.3 is 15.1 Å². The summed E-state index contributed by atoms with van der Waals surface area (Å²) < 4.78 is 6.43. The normalized spacial score (nSPS) is 12.7. The second kappa shape index (κ2) is 14.5. The van der Waals surface area contributed by atoms with Crippen LogP contribution in [0.5, 0.6) is 0 Å². The highest BCUT2D eigenvalue weighted by Crippen LogP contribution is 2.26. The van der Waals surface area contributed by atoms with Gasteiger partial charge in [0.05, 0.1) is 6.10 Å². The minimum Gasteiger partial charge on any atom is -0.472 e. The third kappa shape index (κ3) is 9.80. The van der Waals surface area contributed by atoms with Crippen LogP contribution in [0.15, 0.2) is 12.2 Å². The minimum atomic E-state index is -1.93. The van der Waals surface area contributed by atoms with Crippen LogP contribution < -0.4 is 0 Å². The van der Waals surface area contributed by atoms with E-state index in [0.29, 0.717) is 6.42 Å². The molecule has 0 aromatic heterocycles. The Hall–Kier alpha value is -1.56. The fourth-order valence-electron chi connectivity index (χ4n) is 3.11. The number of Topliss-reactive ketones (excluding diaryl/α,β-unsaturated/α-hetero) is 1. The van der Waals surface area contributed by atoms with E-state index in [9.17, 15) is 9.59 Å². The van der Waals surface area contributed by atoms with Gasteiger partial charge in [0.2, 0.25) is 0 Å². The van der Waals surface area contributed by atoms with Crippen LogP contribution in [-0.4, -0.2) is 41.8 Å². The van der Waals surface area contributed by atoms with Crippen molar-refractivity contribution in [2.45, 2.75) is 96.9 Å². The van der Waals surface area contributed by atoms with Gasteiger partial charge in [0.25, 0.3) is 5.78 Å². The molecule has 0 rings (SSSR count). The van der Waals surface area contributed by atoms with Gasteiger partial charge in [-0.1, -0.05) is 52.7 Å². The molecule has 1 unspecified atom stereocenters. The minimum absolute atomic E-state index is 0.0654. The maximum absolute atomic E-state index is 12.2. The molecule has 27 heavy (non-hydrogen) atoms. The Balaban J connectivity index is 5.02. The molecule has 7 heteroatoms. The van der Waals surface area contributed by atoms with Gasteiger partial charge >= 0.3 is 11.7 Å². The Morgan fingerprint density at radius 1 is 1.07 bits per heavy atom. The molecule has 0 amide bonds. The van der Waals surface area contributed by atoms with Crippen molar-refractivity contribution in [3.05, 3.63) is 17.7 Å². The van der Waals surface area contributed by atoms with Crippen LogP contribution in [0, 0.1) is 0 Å². The summed E-state index contributed by atoms with van der Waals surface area (Å²) >= 11 is 0. The third-order valence-corrected chi connectivity index (χ3v) is 9.83. The maximum Gasteiger partial charge on any atom is 0.441 e. The average molecular weight is 397 g/mol. The number of hydrogen-bond donors (Lipinski definition) is 1. The molecule has 0 aromatic carbocycles. The van der Waals surface area contributed by atoms with Gasteiger partial charge in [-0.05, 0) is 43.8 Å². The van der Waals surface area contributed by atoms with Crippen molar-refractivity contribution in [3.63, 3.8) is 0 Å². The molecule has 0 aromatic rings. The summed E-state index contributed by atoms with van der Waals surface area (Å²) in [6.45, 7) is 8.52. The fraction of sp³-hybridized carbons (Fsp3) is 0.750. The average Bonchev–Trinajstić information content (AvgIpc) is 2.65. The maximum atomic E-state index is 12.2. The van der Waals surface area contributed by atoms with E-state index in [0.717, 1.165) is 31.0 Å². The molecule has 0 saturated carbocycles. The smallest absolute Gasteiger partial charge is 0.441 e. The van der Waals surface area contributed by atoms with E-state index in [1.807, 2.05) is 0 Å². The lowest BCUT2D eigenvalue weighted by Crippen LogP contribution is -2.41. The molecular weight excluding hydrogens is 360 g/mol. The number of nitrogens with zero attached hydrogens (tertiary/aromatic N) is 2. The number of carbonyl (C=O) groups excluding carboxylic acids is 1. The van der Waals surface area contributed by atoms with Gasteiger partial charge in [0.15, 0.2) is 8.32 Å². The standard InChI is InChI=1S/C20H36N2O4Si/c1-5-9-10-11-12-13-14-15-17(26-27(6-2,7-3)8-4)16-18(23)19(22-21)20(24)25/h12-13,17H,5-11,14-16H2,1-4H3,(H,24,25)/b13-12+. The summed E-state index contributed by atoms with van der Waals surface area (Å²) in [7, 11) is -1.93. The number of carboxylic acid groups (broad SMARTS) is 1. The molecule has 0 aliphatic heterocycles. The van der Waals surface area contributed by atoms with Crippen molar-refractivity contribution < 1.29 is 23.9 Å². The SMILES string of the molecule is CCCCC/C=C/CCC(CC(=O)C(=[N+]=[N-])C(=O)O)O[Si](CC)(CC)CC. The van der Waals surface area contributed by atoms with Crippen LogP contribution in [0.25, 0.3) is 5.53 Å². The lowest BCUT2D eigenvalue weighted by Gasteiger charge is -2.33. The van der Waals surface area contributed by atoms with Crippen LogP contribution in [-0.2, 0) is 14.0 Å². The predicted molar refractivity (Wildman–Crippen MR) is 110 cm³/mol. The van der Waals surface area contributed by atoms with Gasteiger partial charge in [-0.3, -0.25) is 4.79 Å². The van der Waals surface area contributed by atoms with Gasteiger partial charge in [-0.2, -0.15) is 4.79 Å². The van der Waals surface area contributed by atoms with Crippen molar-refractivity contribution in [1.82, 2.24) is 0 Å². The van der Waals surface area contributed by atoms with Crippen molar-refractivity contribution in [1.29, 1.82) is 0 Å². The summed E-state index contributed by atoms with van der Waals surface area (Å²) in [5.41, 5.74) is 7.99. The van der Waals surface area contributed by atoms with E-state index >= 15 is 0 Å². The van der Waals surface area contributed by atoms with Crippen molar-refractivity contribution in [3.8, 4) is 0 Å². The zero-order chi connectivity index (χ0) is 20.7. The second-order valence-electron chi connectivity index (χ2n) is 6.91. The highest BCUT2D eigenvalue weighted by Gasteiger charge is 2.36. The second-order valence-corrected chi connectivity index (χ2v) is 11.6. The summed E-state index contributed by atoms with van der Waals surface area (Å²) in [6, 6.07) is 2.87. The first-order valence-corrected chi connectivity index (χ1v) is 12.7. The monoisotopic (exact) mass is 396 g/mol. The van der Waals surface area contributed by atoms with E-state index < -0.39 is 25.8 Å². The summed E-state index contributed by atoms with van der Waals surface area (Å²) in [6.07, 6.45) is 9.95. The van der Waals surface area contributed by atoms with E-state index in [4.69, 9.17) is 15.1 Å². The number of carbonyl (C=O) groups is 2. The first-order chi connectivity index (χ1) is 12.9. The molecule has 154 valence electrons. The Morgan fingerprint density at radius 3 is 2.15 bits per heavy atom. The number of unbranched alkanes of at least 4 members (excludes halogenated alkanes) is 3. The first-order valence-electron chi connectivity index (χ1n) is 10.2. The molecule has 0 saturated heterocycles. The number of aliphatic carboxylic acids is 1. The molecule has 0 bridgehead atoms. The molecule has 0 heterocycles. The Bertz CT molecular complexity index is 530. The van der Waals surface area contributed by atoms with Crippen LogP contribution in [0.3, 0.4) is 0 Å². The molecular formula is C20H36N2O4Si. The summed E-state index contributed by atoms with van der Waals surface area (Å²) in [5, 5.41) is 8.99. The van der Waals surface area contributed by atoms with E-state index in [2.05, 4.69) is 44.6 Å². The van der Waals surface area contributed by atoms with Crippen LogP contribution in [0.4, 0.5) is 0 Å². The quantitative estimate of drug-likeness (QED) is 0.0754. The molecule has 0 aliphatic rings. The lowest BCUT2D eigenvalue weighted by molar-refractivity contribution is -0.137. The molecule has 0 radical (unpaired) electrons. The van der Waals surface area contributed by atoms with Gasteiger partial charge in [0.1, 0.15) is 0 Å². The number of carboxylic acids is 1. The van der Waals surface area contributed by atoms with Crippen LogP contribution in [0.1, 0.15) is 72.6 Å². The van der Waals surface area contributed by atoms with E-state index in [1.165, 1.54) is 19.3 Å². The molecule has 0 fully saturated rings. The fourth-order valence-corrected chi connectivity index (χ4v) is 6.02.